The highest BCUT2D eigenvalue weighted by molar-refractivity contribution is 7.59. The molecule has 0 aromatic carbocycles. The first-order valence-corrected chi connectivity index (χ1v) is 14.1. The Labute approximate surface area is 205 Å². The fraction of sp³-hybridized carbons (Fsp3) is 0.875. The second kappa shape index (κ2) is 12.1. The van der Waals surface area contributed by atoms with E-state index in [0.717, 1.165) is 58.2 Å². The van der Waals surface area contributed by atoms with Crippen molar-refractivity contribution < 1.29 is 28.6 Å². The Kier molecular flexibility index (Phi) is 9.73. The van der Waals surface area contributed by atoms with Gasteiger partial charge in [0.15, 0.2) is 0 Å². The number of rotatable bonds is 9. The first kappa shape index (κ1) is 27.3. The molecule has 3 fully saturated rings. The molecule has 0 aromatic heterocycles. The molecule has 10 heteroatoms. The van der Waals surface area contributed by atoms with Gasteiger partial charge in [0.05, 0.1) is 21.3 Å². The van der Waals surface area contributed by atoms with E-state index in [4.69, 9.17) is 14.2 Å². The van der Waals surface area contributed by atoms with Crippen molar-refractivity contribution in [3.63, 3.8) is 0 Å². The molecule has 9 nitrogen and oxygen atoms in total. The Morgan fingerprint density at radius 1 is 0.618 bits per heavy atom. The van der Waals surface area contributed by atoms with Crippen LogP contribution in [0.3, 0.4) is 0 Å². The number of ether oxygens (including phenoxy) is 3. The second-order valence-electron chi connectivity index (χ2n) is 9.60. The monoisotopic (exact) mass is 499 g/mol. The summed E-state index contributed by atoms with van der Waals surface area (Å²) in [5.41, 5.74) is 0. The summed E-state index contributed by atoms with van der Waals surface area (Å²) in [5.74, 6) is -0.191. The lowest BCUT2D eigenvalue weighted by Gasteiger charge is -2.47. The SMILES string of the molecule is COC(=O)C1CCCN1C(C)P(C(C)N1CCCC1C(=O)OC)C(C)N1CCCC1C(=O)OC. The van der Waals surface area contributed by atoms with E-state index >= 15 is 0 Å². The van der Waals surface area contributed by atoms with Crippen LogP contribution in [0, 0.1) is 0 Å². The summed E-state index contributed by atoms with van der Waals surface area (Å²) >= 11 is 0. The molecule has 0 amide bonds. The quantitative estimate of drug-likeness (QED) is 0.270. The minimum Gasteiger partial charge on any atom is -0.468 e. The van der Waals surface area contributed by atoms with Crippen molar-refractivity contribution in [1.29, 1.82) is 0 Å². The third kappa shape index (κ3) is 5.43. The minimum absolute atomic E-state index is 0.115. The lowest BCUT2D eigenvalue weighted by molar-refractivity contribution is -0.146. The van der Waals surface area contributed by atoms with E-state index in [2.05, 4.69) is 35.5 Å². The lowest BCUT2D eigenvalue weighted by Crippen LogP contribution is -2.51. The summed E-state index contributed by atoms with van der Waals surface area (Å²) in [5, 5.41) is 0. The number of carbonyl (C=O) groups excluding carboxylic acids is 3. The predicted molar refractivity (Wildman–Crippen MR) is 131 cm³/mol. The minimum atomic E-state index is -0.792. The normalized spacial score (nSPS) is 30.0. The largest absolute Gasteiger partial charge is 0.468 e. The molecule has 0 aromatic rings. The summed E-state index contributed by atoms with van der Waals surface area (Å²) in [7, 11) is 3.56. The molecule has 3 saturated heterocycles. The average molecular weight is 500 g/mol. The Bertz CT molecular complexity index is 644. The van der Waals surface area contributed by atoms with Crippen molar-refractivity contribution >= 4 is 25.8 Å². The van der Waals surface area contributed by atoms with Crippen LogP contribution in [-0.4, -0.2) is 109 Å². The maximum Gasteiger partial charge on any atom is 0.323 e. The Morgan fingerprint density at radius 2 is 0.882 bits per heavy atom. The standard InChI is InChI=1S/C24H42N3O6P/c1-16(25-13-7-10-19(25)22(28)31-4)34(17(2)26-14-8-11-20(26)23(29)32-5)18(3)27-15-9-12-21(27)24(30)33-6/h16-21H,7-15H2,1-6H3. The van der Waals surface area contributed by atoms with Gasteiger partial charge in [-0.1, -0.05) is 7.92 Å². The fourth-order valence-electron chi connectivity index (χ4n) is 6.33. The van der Waals surface area contributed by atoms with E-state index in [-0.39, 0.29) is 53.4 Å². The highest BCUT2D eigenvalue weighted by atomic mass is 31.1. The van der Waals surface area contributed by atoms with Crippen LogP contribution in [0.5, 0.6) is 0 Å². The molecule has 3 aliphatic rings. The first-order chi connectivity index (χ1) is 16.3. The van der Waals surface area contributed by atoms with Crippen LogP contribution in [0.25, 0.3) is 0 Å². The van der Waals surface area contributed by atoms with Gasteiger partial charge in [0.1, 0.15) is 18.1 Å². The maximum absolute atomic E-state index is 12.6. The Morgan fingerprint density at radius 3 is 1.12 bits per heavy atom. The lowest BCUT2D eigenvalue weighted by atomic mass is 10.2. The molecular weight excluding hydrogens is 457 g/mol. The van der Waals surface area contributed by atoms with Crippen molar-refractivity contribution in [1.82, 2.24) is 14.7 Å². The van der Waals surface area contributed by atoms with Crippen molar-refractivity contribution in [2.45, 2.75) is 94.8 Å². The molecule has 6 unspecified atom stereocenters. The zero-order chi connectivity index (χ0) is 25.0. The smallest absolute Gasteiger partial charge is 0.323 e. The van der Waals surface area contributed by atoms with Gasteiger partial charge in [-0.15, -0.1) is 0 Å². The van der Waals surface area contributed by atoms with Crippen LogP contribution in [-0.2, 0) is 28.6 Å². The van der Waals surface area contributed by atoms with E-state index in [0.29, 0.717) is 0 Å². The van der Waals surface area contributed by atoms with Crippen molar-refractivity contribution in [3.8, 4) is 0 Å². The number of hydrogen-bond donors (Lipinski definition) is 0. The van der Waals surface area contributed by atoms with Gasteiger partial charge in [-0.2, -0.15) is 0 Å². The van der Waals surface area contributed by atoms with Gasteiger partial charge < -0.3 is 14.2 Å². The molecule has 194 valence electrons. The van der Waals surface area contributed by atoms with Gasteiger partial charge in [0, 0.05) is 17.3 Å². The molecule has 34 heavy (non-hydrogen) atoms. The molecule has 0 N–H and O–H groups in total. The molecule has 0 radical (unpaired) electrons. The van der Waals surface area contributed by atoms with Gasteiger partial charge in [0.2, 0.25) is 0 Å². The maximum atomic E-state index is 12.6. The number of likely N-dealkylation sites (tertiary alicyclic amines) is 3. The molecule has 0 saturated carbocycles. The molecule has 6 atom stereocenters. The molecule has 0 spiro atoms. The van der Waals surface area contributed by atoms with E-state index in [9.17, 15) is 14.4 Å². The van der Waals surface area contributed by atoms with Crippen LogP contribution < -0.4 is 0 Å². The van der Waals surface area contributed by atoms with Crippen molar-refractivity contribution in [3.05, 3.63) is 0 Å². The zero-order valence-corrected chi connectivity index (χ0v) is 22.5. The van der Waals surface area contributed by atoms with E-state index in [1.54, 1.807) is 0 Å². The van der Waals surface area contributed by atoms with E-state index < -0.39 is 7.92 Å². The molecular formula is C24H42N3O6P. The Hall–Kier alpha value is -1.28. The van der Waals surface area contributed by atoms with Crippen molar-refractivity contribution in [2.75, 3.05) is 41.0 Å². The number of nitrogens with zero attached hydrogens (tertiary/aromatic N) is 3. The number of carbonyl (C=O) groups is 3. The summed E-state index contributed by atoms with van der Waals surface area (Å²) in [6.07, 6.45) is 5.26. The summed E-state index contributed by atoms with van der Waals surface area (Å²) in [6, 6.07) is -0.724. The van der Waals surface area contributed by atoms with Crippen molar-refractivity contribution in [2.24, 2.45) is 0 Å². The first-order valence-electron chi connectivity index (χ1n) is 12.5. The third-order valence-corrected chi connectivity index (χ3v) is 11.5. The summed E-state index contributed by atoms with van der Waals surface area (Å²) < 4.78 is 15.4. The number of esters is 3. The molecule has 0 aliphatic carbocycles. The zero-order valence-electron chi connectivity index (χ0n) is 21.6. The fourth-order valence-corrected chi connectivity index (χ4v) is 10.1. The summed E-state index contributed by atoms with van der Waals surface area (Å²) in [4.78, 5) is 44.6. The van der Waals surface area contributed by atoms with Crippen LogP contribution in [0.4, 0.5) is 0 Å². The van der Waals surface area contributed by atoms with E-state index in [1.807, 2.05) is 0 Å². The Balaban J connectivity index is 1.93. The van der Waals surface area contributed by atoms with E-state index in [1.165, 1.54) is 21.3 Å². The molecule has 3 rings (SSSR count). The highest BCUT2D eigenvalue weighted by Gasteiger charge is 2.47. The predicted octanol–water partition coefficient (Wildman–Crippen LogP) is 2.42. The van der Waals surface area contributed by atoms with Gasteiger partial charge in [-0.3, -0.25) is 29.1 Å². The van der Waals surface area contributed by atoms with Gasteiger partial charge >= 0.3 is 17.9 Å². The van der Waals surface area contributed by atoms with Crippen LogP contribution in [0.15, 0.2) is 0 Å². The highest BCUT2D eigenvalue weighted by Crippen LogP contribution is 2.57. The average Bonchev–Trinajstić information content (AvgIpc) is 3.62. The number of hydrogen-bond acceptors (Lipinski definition) is 9. The molecule has 3 heterocycles. The molecule has 0 bridgehead atoms. The third-order valence-electron chi connectivity index (χ3n) is 8.04. The molecule has 3 aliphatic heterocycles. The topological polar surface area (TPSA) is 88.6 Å². The van der Waals surface area contributed by atoms with Crippen LogP contribution >= 0.6 is 7.92 Å². The van der Waals surface area contributed by atoms with Gasteiger partial charge in [-0.25, -0.2) is 0 Å². The summed E-state index contributed by atoms with van der Waals surface area (Å²) in [6.45, 7) is 9.19. The second-order valence-corrected chi connectivity index (χ2v) is 12.7. The van der Waals surface area contributed by atoms with Gasteiger partial charge in [0.25, 0.3) is 0 Å². The van der Waals surface area contributed by atoms with Crippen LogP contribution in [0.2, 0.25) is 0 Å². The number of methoxy groups -OCH3 is 3. The van der Waals surface area contributed by atoms with Crippen LogP contribution in [0.1, 0.15) is 59.3 Å². The van der Waals surface area contributed by atoms with Gasteiger partial charge in [-0.05, 0) is 78.9 Å².